The molecule has 2 heterocycles. The number of hydrogen-bond acceptors (Lipinski definition) is 5. The number of nitrogens with zero attached hydrogens (tertiary/aromatic N) is 2. The van der Waals surface area contributed by atoms with Gasteiger partial charge in [-0.1, -0.05) is 10.3 Å². The van der Waals surface area contributed by atoms with E-state index in [1.807, 2.05) is 0 Å². The first-order valence-corrected chi connectivity index (χ1v) is 3.74. The van der Waals surface area contributed by atoms with Crippen LogP contribution in [0, 0.1) is 0 Å². The van der Waals surface area contributed by atoms with Crippen molar-refractivity contribution in [3.8, 4) is 0 Å². The summed E-state index contributed by atoms with van der Waals surface area (Å²) in [7, 11) is 0. The van der Waals surface area contributed by atoms with Gasteiger partial charge in [-0.15, -0.1) is 0 Å². The Hall–Kier alpha value is -2.31. The third-order valence-electron chi connectivity index (χ3n) is 1.35. The maximum Gasteiger partial charge on any atom is 0.328 e. The van der Waals surface area contributed by atoms with Gasteiger partial charge in [-0.05, 0) is 0 Å². The predicted molar refractivity (Wildman–Crippen MR) is 45.6 cm³/mol. The molecule has 2 rings (SSSR count). The molecule has 0 atom stereocenters. The van der Waals surface area contributed by atoms with Crippen LogP contribution in [0.1, 0.15) is 0 Å². The van der Waals surface area contributed by atoms with E-state index >= 15 is 0 Å². The van der Waals surface area contributed by atoms with Crippen molar-refractivity contribution in [2.75, 3.05) is 10.6 Å². The molecule has 2 amide bonds. The van der Waals surface area contributed by atoms with Gasteiger partial charge in [-0.25, -0.2) is 4.79 Å². The van der Waals surface area contributed by atoms with Crippen molar-refractivity contribution in [1.82, 2.24) is 10.3 Å². The molecule has 0 bridgehead atoms. The lowest BCUT2D eigenvalue weighted by molar-refractivity contribution is 0.260. The molecule has 2 N–H and O–H groups in total. The van der Waals surface area contributed by atoms with Crippen molar-refractivity contribution in [3.63, 3.8) is 0 Å². The lowest BCUT2D eigenvalue weighted by atomic mass is 10.6. The summed E-state index contributed by atoms with van der Waals surface area (Å²) in [5.41, 5.74) is 0. The Labute approximate surface area is 78.0 Å². The van der Waals surface area contributed by atoms with Gasteiger partial charge in [0.25, 0.3) is 0 Å². The molecule has 0 aliphatic carbocycles. The second-order valence-electron chi connectivity index (χ2n) is 2.33. The van der Waals surface area contributed by atoms with E-state index in [1.165, 1.54) is 24.5 Å². The van der Waals surface area contributed by atoms with Gasteiger partial charge >= 0.3 is 6.03 Å². The van der Waals surface area contributed by atoms with E-state index in [1.54, 1.807) is 0 Å². The number of amides is 2. The summed E-state index contributed by atoms with van der Waals surface area (Å²) < 4.78 is 9.31. The molecule has 7 nitrogen and oxygen atoms in total. The molecule has 2 aromatic heterocycles. The minimum absolute atomic E-state index is 0.252. The van der Waals surface area contributed by atoms with E-state index in [-0.39, 0.29) is 11.8 Å². The summed E-state index contributed by atoms with van der Waals surface area (Å²) in [4.78, 5) is 11.2. The molecular weight excluding hydrogens is 188 g/mol. The van der Waals surface area contributed by atoms with Crippen LogP contribution >= 0.6 is 0 Å². The zero-order valence-corrected chi connectivity index (χ0v) is 6.93. The van der Waals surface area contributed by atoms with Crippen molar-refractivity contribution < 1.29 is 13.8 Å². The Morgan fingerprint density at radius 3 is 1.93 bits per heavy atom. The largest absolute Gasteiger partial charge is 0.338 e. The monoisotopic (exact) mass is 194 g/mol. The van der Waals surface area contributed by atoms with Gasteiger partial charge in [0.1, 0.15) is 0 Å². The van der Waals surface area contributed by atoms with Gasteiger partial charge in [0, 0.05) is 12.1 Å². The van der Waals surface area contributed by atoms with E-state index in [0.29, 0.717) is 0 Å². The van der Waals surface area contributed by atoms with Gasteiger partial charge in [-0.3, -0.25) is 10.6 Å². The fraction of sp³-hybridized carbons (Fsp3) is 0. The third kappa shape index (κ3) is 1.89. The number of anilines is 2. The summed E-state index contributed by atoms with van der Waals surface area (Å²) in [6.45, 7) is 0. The van der Waals surface area contributed by atoms with Crippen LogP contribution in [-0.4, -0.2) is 16.3 Å². The van der Waals surface area contributed by atoms with Crippen molar-refractivity contribution in [1.29, 1.82) is 0 Å². The standard InChI is InChI=1S/C7H6N4O3/c12-7(10-5-1-3-8-13-5)11-6-2-4-9-14-6/h1-4H,(H2,10,11,12). The SMILES string of the molecule is O=C(Nc1ccno1)Nc1ccno1. The molecule has 14 heavy (non-hydrogen) atoms. The average Bonchev–Trinajstić information content (AvgIpc) is 2.76. The maximum absolute atomic E-state index is 11.2. The maximum atomic E-state index is 11.2. The zero-order chi connectivity index (χ0) is 9.80. The number of rotatable bonds is 2. The van der Waals surface area contributed by atoms with Gasteiger partial charge in [-0.2, -0.15) is 0 Å². The Morgan fingerprint density at radius 2 is 1.57 bits per heavy atom. The van der Waals surface area contributed by atoms with Crippen LogP contribution in [0.15, 0.2) is 33.6 Å². The summed E-state index contributed by atoms with van der Waals surface area (Å²) >= 11 is 0. The van der Waals surface area contributed by atoms with Crippen LogP contribution in [0.5, 0.6) is 0 Å². The van der Waals surface area contributed by atoms with Crippen LogP contribution in [0.4, 0.5) is 16.6 Å². The number of urea groups is 1. The second kappa shape index (κ2) is 3.60. The van der Waals surface area contributed by atoms with E-state index in [9.17, 15) is 4.79 Å². The molecule has 0 aliphatic heterocycles. The van der Waals surface area contributed by atoms with Crippen LogP contribution in [0.2, 0.25) is 0 Å². The molecule has 0 saturated carbocycles. The molecule has 0 aromatic carbocycles. The number of aromatic nitrogens is 2. The van der Waals surface area contributed by atoms with Gasteiger partial charge < -0.3 is 9.05 Å². The van der Waals surface area contributed by atoms with Crippen LogP contribution < -0.4 is 10.6 Å². The van der Waals surface area contributed by atoms with Crippen molar-refractivity contribution in [2.24, 2.45) is 0 Å². The molecular formula is C7H6N4O3. The Kier molecular flexibility index (Phi) is 2.14. The van der Waals surface area contributed by atoms with E-state index in [4.69, 9.17) is 0 Å². The van der Waals surface area contributed by atoms with Gasteiger partial charge in [0.15, 0.2) is 0 Å². The smallest absolute Gasteiger partial charge is 0.328 e. The molecule has 72 valence electrons. The highest BCUT2D eigenvalue weighted by atomic mass is 16.5. The first kappa shape index (κ1) is 8.30. The second-order valence-corrected chi connectivity index (χ2v) is 2.33. The summed E-state index contributed by atoms with van der Waals surface area (Å²) in [6, 6.07) is 2.54. The first-order chi connectivity index (χ1) is 6.84. The number of hydrogen-bond donors (Lipinski definition) is 2. The van der Waals surface area contributed by atoms with Gasteiger partial charge in [0.05, 0.1) is 12.4 Å². The van der Waals surface area contributed by atoms with Crippen LogP contribution in [0.25, 0.3) is 0 Å². The lowest BCUT2D eigenvalue weighted by Gasteiger charge is -1.99. The van der Waals surface area contributed by atoms with E-state index in [0.717, 1.165) is 0 Å². The highest BCUT2D eigenvalue weighted by Crippen LogP contribution is 2.06. The third-order valence-corrected chi connectivity index (χ3v) is 1.35. The molecule has 0 spiro atoms. The zero-order valence-electron chi connectivity index (χ0n) is 6.93. The first-order valence-electron chi connectivity index (χ1n) is 3.74. The highest BCUT2D eigenvalue weighted by molar-refractivity contribution is 5.97. The van der Waals surface area contributed by atoms with E-state index in [2.05, 4.69) is 30.0 Å². The molecule has 0 radical (unpaired) electrons. The van der Waals surface area contributed by atoms with Crippen molar-refractivity contribution in [3.05, 3.63) is 24.5 Å². The minimum Gasteiger partial charge on any atom is -0.338 e. The quantitative estimate of drug-likeness (QED) is 0.751. The predicted octanol–water partition coefficient (Wildman–Crippen LogP) is 1.31. The molecule has 0 fully saturated rings. The Bertz CT molecular complexity index is 356. The minimum atomic E-state index is -0.487. The average molecular weight is 194 g/mol. The number of carbonyl (C=O) groups is 1. The van der Waals surface area contributed by atoms with Crippen molar-refractivity contribution >= 4 is 17.8 Å². The molecule has 0 unspecified atom stereocenters. The summed E-state index contributed by atoms with van der Waals surface area (Å²) in [5.74, 6) is 0.504. The normalized spacial score (nSPS) is 9.71. The molecule has 2 aromatic rings. The van der Waals surface area contributed by atoms with Crippen LogP contribution in [-0.2, 0) is 0 Å². The fourth-order valence-corrected chi connectivity index (χ4v) is 0.816. The number of carbonyl (C=O) groups excluding carboxylic acids is 1. The molecule has 7 heteroatoms. The summed E-state index contributed by atoms with van der Waals surface area (Å²) in [5, 5.41) is 11.6. The molecule has 0 aliphatic rings. The topological polar surface area (TPSA) is 93.2 Å². The Balaban J connectivity index is 1.91. The molecule has 0 saturated heterocycles. The Morgan fingerprint density at radius 1 is 1.07 bits per heavy atom. The fourth-order valence-electron chi connectivity index (χ4n) is 0.816. The van der Waals surface area contributed by atoms with Gasteiger partial charge in [0.2, 0.25) is 11.8 Å². The highest BCUT2D eigenvalue weighted by Gasteiger charge is 2.06. The van der Waals surface area contributed by atoms with Crippen molar-refractivity contribution in [2.45, 2.75) is 0 Å². The van der Waals surface area contributed by atoms with Crippen LogP contribution in [0.3, 0.4) is 0 Å². The lowest BCUT2D eigenvalue weighted by Crippen LogP contribution is -2.18. The summed E-state index contributed by atoms with van der Waals surface area (Å²) in [6.07, 6.45) is 2.84. The van der Waals surface area contributed by atoms with E-state index < -0.39 is 6.03 Å². The number of nitrogens with one attached hydrogen (secondary N) is 2.